The van der Waals surface area contributed by atoms with Crippen LogP contribution in [0.3, 0.4) is 0 Å². The zero-order valence-electron chi connectivity index (χ0n) is 13.6. The third kappa shape index (κ3) is 6.40. The summed E-state index contributed by atoms with van der Waals surface area (Å²) in [6.45, 7) is 1.30. The lowest BCUT2D eigenvalue weighted by atomic mass is 10.2. The zero-order valence-corrected chi connectivity index (χ0v) is 13.6. The molecule has 25 heavy (non-hydrogen) atoms. The van der Waals surface area contributed by atoms with Crippen molar-refractivity contribution >= 4 is 23.4 Å². The van der Waals surface area contributed by atoms with Gasteiger partial charge in [0, 0.05) is 18.1 Å². The molecule has 1 aromatic heterocycles. The molecule has 0 unspecified atom stereocenters. The normalized spacial score (nSPS) is 9.96. The van der Waals surface area contributed by atoms with Gasteiger partial charge in [0.2, 0.25) is 5.91 Å². The second-order valence-corrected chi connectivity index (χ2v) is 5.15. The zero-order chi connectivity index (χ0) is 18.1. The van der Waals surface area contributed by atoms with Crippen molar-refractivity contribution in [3.63, 3.8) is 0 Å². The molecule has 1 heterocycles. The first-order valence-electron chi connectivity index (χ1n) is 7.48. The number of ether oxygens (including phenoxy) is 1. The first kappa shape index (κ1) is 18.1. The predicted octanol–water partition coefficient (Wildman–Crippen LogP) is 0.806. The quantitative estimate of drug-likeness (QED) is 0.673. The van der Waals surface area contributed by atoms with Gasteiger partial charge in [-0.15, -0.1) is 0 Å². The van der Waals surface area contributed by atoms with Gasteiger partial charge in [-0.3, -0.25) is 30.2 Å². The first-order valence-corrected chi connectivity index (χ1v) is 7.48. The number of anilines is 1. The maximum Gasteiger partial charge on any atom is 0.271 e. The molecule has 0 aliphatic heterocycles. The number of nitrogens with zero attached hydrogens (tertiary/aromatic N) is 1. The van der Waals surface area contributed by atoms with E-state index >= 15 is 0 Å². The minimum absolute atomic E-state index is 0.280. The van der Waals surface area contributed by atoms with E-state index in [0.717, 1.165) is 5.56 Å². The minimum atomic E-state index is -0.583. The van der Waals surface area contributed by atoms with Crippen LogP contribution >= 0.6 is 0 Å². The van der Waals surface area contributed by atoms with Crippen LogP contribution < -0.4 is 16.2 Å². The van der Waals surface area contributed by atoms with Gasteiger partial charge in [0.1, 0.15) is 13.2 Å². The number of hydrogen-bond donors (Lipinski definition) is 3. The summed E-state index contributed by atoms with van der Waals surface area (Å²) in [6.07, 6.45) is 2.90. The second kappa shape index (κ2) is 9.14. The summed E-state index contributed by atoms with van der Waals surface area (Å²) >= 11 is 0. The van der Waals surface area contributed by atoms with E-state index in [9.17, 15) is 14.4 Å². The lowest BCUT2D eigenvalue weighted by Gasteiger charge is -2.08. The molecule has 0 fully saturated rings. The maximum atomic E-state index is 11.7. The summed E-state index contributed by atoms with van der Waals surface area (Å²) in [6, 6.07) is 10.4. The number of pyridine rings is 1. The SMILES string of the molecule is Cc1ccc(NC(=O)COCC(=O)NNC(=O)c2cccnc2)cc1. The number of rotatable bonds is 6. The molecule has 2 aromatic rings. The molecule has 0 aliphatic rings. The fourth-order valence-electron chi connectivity index (χ4n) is 1.80. The average Bonchev–Trinajstić information content (AvgIpc) is 2.62. The largest absolute Gasteiger partial charge is 0.362 e. The Bertz CT molecular complexity index is 732. The number of carbonyl (C=O) groups is 3. The van der Waals surface area contributed by atoms with Crippen molar-refractivity contribution in [1.82, 2.24) is 15.8 Å². The average molecular weight is 342 g/mol. The summed E-state index contributed by atoms with van der Waals surface area (Å²) in [5.74, 6) is -1.46. The van der Waals surface area contributed by atoms with Crippen molar-refractivity contribution in [2.75, 3.05) is 18.5 Å². The Hall–Kier alpha value is -3.26. The van der Waals surface area contributed by atoms with Crippen LogP contribution in [0.1, 0.15) is 15.9 Å². The van der Waals surface area contributed by atoms with E-state index < -0.39 is 11.8 Å². The molecule has 0 saturated carbocycles. The maximum absolute atomic E-state index is 11.7. The van der Waals surface area contributed by atoms with Crippen LogP contribution in [-0.2, 0) is 14.3 Å². The van der Waals surface area contributed by atoms with Crippen LogP contribution in [0, 0.1) is 6.92 Å². The fraction of sp³-hybridized carbons (Fsp3) is 0.176. The van der Waals surface area contributed by atoms with Crippen LogP contribution in [0.4, 0.5) is 5.69 Å². The van der Waals surface area contributed by atoms with E-state index in [1.165, 1.54) is 12.4 Å². The highest BCUT2D eigenvalue weighted by molar-refractivity contribution is 5.95. The highest BCUT2D eigenvalue weighted by Crippen LogP contribution is 2.08. The van der Waals surface area contributed by atoms with Gasteiger partial charge in [-0.25, -0.2) is 0 Å². The van der Waals surface area contributed by atoms with E-state index in [-0.39, 0.29) is 19.1 Å². The van der Waals surface area contributed by atoms with Crippen LogP contribution in [0.15, 0.2) is 48.8 Å². The van der Waals surface area contributed by atoms with Gasteiger partial charge in [0.25, 0.3) is 11.8 Å². The number of hydrogen-bond acceptors (Lipinski definition) is 5. The monoisotopic (exact) mass is 342 g/mol. The molecule has 8 nitrogen and oxygen atoms in total. The molecule has 0 atom stereocenters. The molecule has 0 aliphatic carbocycles. The van der Waals surface area contributed by atoms with Crippen LogP contribution in [0.25, 0.3) is 0 Å². The Morgan fingerprint density at radius 3 is 2.40 bits per heavy atom. The van der Waals surface area contributed by atoms with Crippen molar-refractivity contribution in [2.45, 2.75) is 6.92 Å². The molecular weight excluding hydrogens is 324 g/mol. The van der Waals surface area contributed by atoms with E-state index in [4.69, 9.17) is 4.74 Å². The molecule has 130 valence electrons. The number of aromatic nitrogens is 1. The van der Waals surface area contributed by atoms with E-state index in [2.05, 4.69) is 21.2 Å². The Morgan fingerprint density at radius 1 is 1.00 bits per heavy atom. The van der Waals surface area contributed by atoms with Crippen molar-refractivity contribution in [3.8, 4) is 0 Å². The Kier molecular flexibility index (Phi) is 6.61. The van der Waals surface area contributed by atoms with Gasteiger partial charge >= 0.3 is 0 Å². The number of aryl methyl sites for hydroxylation is 1. The molecule has 3 amide bonds. The molecule has 1 aromatic carbocycles. The first-order chi connectivity index (χ1) is 12.0. The highest BCUT2D eigenvalue weighted by Gasteiger charge is 2.08. The summed E-state index contributed by atoms with van der Waals surface area (Å²) in [5, 5.41) is 2.64. The number of hydrazine groups is 1. The van der Waals surface area contributed by atoms with E-state index in [1.54, 1.807) is 24.3 Å². The van der Waals surface area contributed by atoms with Gasteiger partial charge in [-0.1, -0.05) is 17.7 Å². The molecule has 2 rings (SSSR count). The number of amides is 3. The molecule has 8 heteroatoms. The Morgan fingerprint density at radius 2 is 1.72 bits per heavy atom. The Balaban J connectivity index is 1.64. The lowest BCUT2D eigenvalue weighted by Crippen LogP contribution is -2.43. The molecule has 3 N–H and O–H groups in total. The molecule has 0 saturated heterocycles. The summed E-state index contributed by atoms with van der Waals surface area (Å²) in [4.78, 5) is 38.7. The van der Waals surface area contributed by atoms with Crippen molar-refractivity contribution in [1.29, 1.82) is 0 Å². The summed E-state index contributed by atoms with van der Waals surface area (Å²) in [5.41, 5.74) is 6.45. The third-order valence-electron chi connectivity index (χ3n) is 3.04. The van der Waals surface area contributed by atoms with Crippen molar-refractivity contribution in [3.05, 3.63) is 59.9 Å². The van der Waals surface area contributed by atoms with Gasteiger partial charge in [0.15, 0.2) is 0 Å². The topological polar surface area (TPSA) is 109 Å². The van der Waals surface area contributed by atoms with Crippen LogP contribution in [0.5, 0.6) is 0 Å². The molecular formula is C17H18N4O4. The predicted molar refractivity (Wildman–Crippen MR) is 90.5 cm³/mol. The summed E-state index contributed by atoms with van der Waals surface area (Å²) in [7, 11) is 0. The standard InChI is InChI=1S/C17H18N4O4/c1-12-4-6-14(7-5-12)19-15(22)10-25-11-16(23)20-21-17(24)13-3-2-8-18-9-13/h2-9H,10-11H2,1H3,(H,19,22)(H,20,23)(H,21,24). The van der Waals surface area contributed by atoms with Crippen LogP contribution in [0.2, 0.25) is 0 Å². The van der Waals surface area contributed by atoms with Crippen LogP contribution in [-0.4, -0.2) is 35.9 Å². The third-order valence-corrected chi connectivity index (χ3v) is 3.04. The second-order valence-electron chi connectivity index (χ2n) is 5.15. The van der Waals surface area contributed by atoms with Crippen molar-refractivity contribution in [2.24, 2.45) is 0 Å². The van der Waals surface area contributed by atoms with E-state index in [1.807, 2.05) is 19.1 Å². The molecule has 0 radical (unpaired) electrons. The van der Waals surface area contributed by atoms with E-state index in [0.29, 0.717) is 11.3 Å². The molecule has 0 bridgehead atoms. The number of carbonyl (C=O) groups excluding carboxylic acids is 3. The smallest absolute Gasteiger partial charge is 0.271 e. The van der Waals surface area contributed by atoms with Gasteiger partial charge in [-0.2, -0.15) is 0 Å². The number of nitrogens with one attached hydrogen (secondary N) is 3. The van der Waals surface area contributed by atoms with Gasteiger partial charge < -0.3 is 10.1 Å². The van der Waals surface area contributed by atoms with Gasteiger partial charge in [0.05, 0.1) is 5.56 Å². The Labute approximate surface area is 144 Å². The highest BCUT2D eigenvalue weighted by atomic mass is 16.5. The summed E-state index contributed by atoms with van der Waals surface area (Å²) < 4.78 is 5.00. The lowest BCUT2D eigenvalue weighted by molar-refractivity contribution is -0.129. The van der Waals surface area contributed by atoms with Gasteiger partial charge in [-0.05, 0) is 31.2 Å². The van der Waals surface area contributed by atoms with Crippen molar-refractivity contribution < 1.29 is 19.1 Å². The molecule has 0 spiro atoms. The minimum Gasteiger partial charge on any atom is -0.362 e. The number of benzene rings is 1. The fourth-order valence-corrected chi connectivity index (χ4v) is 1.80.